The van der Waals surface area contributed by atoms with Gasteiger partial charge in [0.15, 0.2) is 0 Å². The number of morpholine rings is 1. The molecular formula is C18H18Cl2N2O2. The summed E-state index contributed by atoms with van der Waals surface area (Å²) in [4.78, 5) is 14.3. The monoisotopic (exact) mass is 364 g/mol. The standard InChI is InChI=1S/C18H18Cl2N2O2/c1-12-4-2-3-5-16(12)21-18(23)22-6-7-24-17(11-22)13-8-14(19)10-15(20)9-13/h2-5,8-10,17H,6-7,11H2,1H3,(H,21,23). The van der Waals surface area contributed by atoms with E-state index in [0.29, 0.717) is 29.7 Å². The number of aryl methyl sites for hydroxylation is 1. The summed E-state index contributed by atoms with van der Waals surface area (Å²) in [6.45, 7) is 3.43. The van der Waals surface area contributed by atoms with Crippen LogP contribution in [0.2, 0.25) is 10.0 Å². The number of amides is 2. The first-order chi connectivity index (χ1) is 11.5. The number of hydrogen-bond acceptors (Lipinski definition) is 2. The quantitative estimate of drug-likeness (QED) is 0.822. The predicted molar refractivity (Wildman–Crippen MR) is 96.9 cm³/mol. The van der Waals surface area contributed by atoms with E-state index < -0.39 is 0 Å². The Bertz CT molecular complexity index is 731. The number of urea groups is 1. The lowest BCUT2D eigenvalue weighted by atomic mass is 10.1. The van der Waals surface area contributed by atoms with E-state index in [1.807, 2.05) is 43.3 Å². The van der Waals surface area contributed by atoms with Crippen molar-refractivity contribution in [3.63, 3.8) is 0 Å². The lowest BCUT2D eigenvalue weighted by molar-refractivity contribution is -0.0135. The molecule has 126 valence electrons. The molecule has 0 saturated carbocycles. The van der Waals surface area contributed by atoms with Crippen molar-refractivity contribution in [1.82, 2.24) is 4.90 Å². The number of ether oxygens (including phenoxy) is 1. The van der Waals surface area contributed by atoms with Crippen molar-refractivity contribution in [3.05, 3.63) is 63.6 Å². The Morgan fingerprint density at radius 1 is 1.21 bits per heavy atom. The average molecular weight is 365 g/mol. The number of halogens is 2. The van der Waals surface area contributed by atoms with Gasteiger partial charge in [-0.1, -0.05) is 41.4 Å². The van der Waals surface area contributed by atoms with Gasteiger partial charge in [-0.25, -0.2) is 4.79 Å². The van der Waals surface area contributed by atoms with Crippen LogP contribution in [0.1, 0.15) is 17.2 Å². The number of nitrogens with zero attached hydrogens (tertiary/aromatic N) is 1. The van der Waals surface area contributed by atoms with Crippen LogP contribution in [0.5, 0.6) is 0 Å². The molecule has 1 aliphatic rings. The molecule has 1 heterocycles. The van der Waals surface area contributed by atoms with Gasteiger partial charge in [0.25, 0.3) is 0 Å². The molecule has 0 radical (unpaired) electrons. The van der Waals surface area contributed by atoms with Gasteiger partial charge in [0, 0.05) is 22.3 Å². The van der Waals surface area contributed by atoms with E-state index >= 15 is 0 Å². The summed E-state index contributed by atoms with van der Waals surface area (Å²) in [7, 11) is 0. The SMILES string of the molecule is Cc1ccccc1NC(=O)N1CCOC(c2cc(Cl)cc(Cl)c2)C1. The minimum atomic E-state index is -0.238. The summed E-state index contributed by atoms with van der Waals surface area (Å²) < 4.78 is 5.79. The molecule has 1 fully saturated rings. The molecule has 3 rings (SSSR count). The van der Waals surface area contributed by atoms with E-state index in [-0.39, 0.29) is 12.1 Å². The van der Waals surface area contributed by atoms with Crippen molar-refractivity contribution in [2.75, 3.05) is 25.0 Å². The first-order valence-electron chi connectivity index (χ1n) is 7.72. The summed E-state index contributed by atoms with van der Waals surface area (Å²) in [5.41, 5.74) is 2.72. The molecule has 0 bridgehead atoms. The summed E-state index contributed by atoms with van der Waals surface area (Å²) in [6.07, 6.45) is -0.238. The molecule has 2 aromatic carbocycles. The maximum atomic E-state index is 12.5. The maximum Gasteiger partial charge on any atom is 0.322 e. The number of rotatable bonds is 2. The highest BCUT2D eigenvalue weighted by Crippen LogP contribution is 2.28. The molecule has 2 aromatic rings. The van der Waals surface area contributed by atoms with E-state index in [9.17, 15) is 4.79 Å². The van der Waals surface area contributed by atoms with Gasteiger partial charge in [0.2, 0.25) is 0 Å². The summed E-state index contributed by atoms with van der Waals surface area (Å²) >= 11 is 12.1. The van der Waals surface area contributed by atoms with Crippen molar-refractivity contribution in [1.29, 1.82) is 0 Å². The molecule has 1 unspecified atom stereocenters. The highest BCUT2D eigenvalue weighted by Gasteiger charge is 2.26. The lowest BCUT2D eigenvalue weighted by Gasteiger charge is -2.33. The fraction of sp³-hybridized carbons (Fsp3) is 0.278. The first-order valence-corrected chi connectivity index (χ1v) is 8.47. The van der Waals surface area contributed by atoms with Crippen molar-refractivity contribution in [2.24, 2.45) is 0 Å². The zero-order chi connectivity index (χ0) is 17.1. The third-order valence-electron chi connectivity index (χ3n) is 4.00. The predicted octanol–water partition coefficient (Wildman–Crippen LogP) is 4.91. The molecule has 2 amide bonds. The molecule has 1 atom stereocenters. The van der Waals surface area contributed by atoms with Crippen molar-refractivity contribution in [2.45, 2.75) is 13.0 Å². The Kier molecular flexibility index (Phi) is 5.29. The van der Waals surface area contributed by atoms with Crippen LogP contribution in [0.4, 0.5) is 10.5 Å². The normalized spacial score (nSPS) is 17.6. The second-order valence-corrected chi connectivity index (χ2v) is 6.63. The molecule has 1 N–H and O–H groups in total. The molecule has 0 spiro atoms. The van der Waals surface area contributed by atoms with Crippen LogP contribution in [0, 0.1) is 6.92 Å². The summed E-state index contributed by atoms with van der Waals surface area (Å²) in [5.74, 6) is 0. The van der Waals surface area contributed by atoms with Gasteiger partial charge in [-0.2, -0.15) is 0 Å². The van der Waals surface area contributed by atoms with Crippen molar-refractivity contribution >= 4 is 34.9 Å². The van der Waals surface area contributed by atoms with Crippen LogP contribution < -0.4 is 5.32 Å². The highest BCUT2D eigenvalue weighted by atomic mass is 35.5. The maximum absolute atomic E-state index is 12.5. The summed E-state index contributed by atoms with van der Waals surface area (Å²) in [6, 6.07) is 12.9. The van der Waals surface area contributed by atoms with Gasteiger partial charge in [0.1, 0.15) is 6.10 Å². The number of carbonyl (C=O) groups excluding carboxylic acids is 1. The fourth-order valence-electron chi connectivity index (χ4n) is 2.70. The Morgan fingerprint density at radius 2 is 1.92 bits per heavy atom. The topological polar surface area (TPSA) is 41.6 Å². The van der Waals surface area contributed by atoms with Gasteiger partial charge in [-0.15, -0.1) is 0 Å². The molecule has 0 aliphatic carbocycles. The van der Waals surface area contributed by atoms with Gasteiger partial charge in [-0.3, -0.25) is 0 Å². The lowest BCUT2D eigenvalue weighted by Crippen LogP contribution is -2.44. The molecule has 4 nitrogen and oxygen atoms in total. The van der Waals surface area contributed by atoms with Crippen LogP contribution in [0.15, 0.2) is 42.5 Å². The second kappa shape index (κ2) is 7.43. The third-order valence-corrected chi connectivity index (χ3v) is 4.43. The fourth-order valence-corrected chi connectivity index (χ4v) is 3.25. The van der Waals surface area contributed by atoms with Gasteiger partial charge >= 0.3 is 6.03 Å². The third kappa shape index (κ3) is 4.01. The van der Waals surface area contributed by atoms with Crippen LogP contribution in [0.25, 0.3) is 0 Å². The molecule has 6 heteroatoms. The Labute approximate surface area is 151 Å². The van der Waals surface area contributed by atoms with Crippen molar-refractivity contribution in [3.8, 4) is 0 Å². The Morgan fingerprint density at radius 3 is 2.62 bits per heavy atom. The zero-order valence-electron chi connectivity index (χ0n) is 13.3. The van der Waals surface area contributed by atoms with Gasteiger partial charge in [0.05, 0.1) is 13.2 Å². The number of anilines is 1. The molecule has 1 saturated heterocycles. The second-order valence-electron chi connectivity index (χ2n) is 5.75. The van der Waals surface area contributed by atoms with E-state index in [0.717, 1.165) is 16.8 Å². The number of para-hydroxylation sites is 1. The molecule has 1 aliphatic heterocycles. The van der Waals surface area contributed by atoms with E-state index in [1.54, 1.807) is 11.0 Å². The van der Waals surface area contributed by atoms with Gasteiger partial charge in [-0.05, 0) is 42.3 Å². The van der Waals surface area contributed by atoms with E-state index in [2.05, 4.69) is 5.32 Å². The van der Waals surface area contributed by atoms with E-state index in [1.165, 1.54) is 0 Å². The zero-order valence-corrected chi connectivity index (χ0v) is 14.8. The minimum Gasteiger partial charge on any atom is -0.370 e. The molecule has 0 aromatic heterocycles. The molecular weight excluding hydrogens is 347 g/mol. The smallest absolute Gasteiger partial charge is 0.322 e. The number of benzene rings is 2. The van der Waals surface area contributed by atoms with E-state index in [4.69, 9.17) is 27.9 Å². The van der Waals surface area contributed by atoms with Crippen molar-refractivity contribution < 1.29 is 9.53 Å². The number of carbonyl (C=O) groups is 1. The number of hydrogen-bond donors (Lipinski definition) is 1. The summed E-state index contributed by atoms with van der Waals surface area (Å²) in [5, 5.41) is 4.07. The minimum absolute atomic E-state index is 0.134. The van der Waals surface area contributed by atoms with Crippen LogP contribution in [0.3, 0.4) is 0 Å². The largest absolute Gasteiger partial charge is 0.370 e. The van der Waals surface area contributed by atoms with Gasteiger partial charge < -0.3 is 15.0 Å². The Hall–Kier alpha value is -1.75. The molecule has 24 heavy (non-hydrogen) atoms. The first kappa shape index (κ1) is 17.1. The Balaban J connectivity index is 1.71. The number of nitrogens with one attached hydrogen (secondary N) is 1. The van der Waals surface area contributed by atoms with Crippen LogP contribution in [-0.2, 0) is 4.74 Å². The average Bonchev–Trinajstić information content (AvgIpc) is 2.56. The highest BCUT2D eigenvalue weighted by molar-refractivity contribution is 6.34. The van der Waals surface area contributed by atoms with Crippen LogP contribution in [-0.4, -0.2) is 30.6 Å². The van der Waals surface area contributed by atoms with Crippen LogP contribution >= 0.6 is 23.2 Å².